The summed E-state index contributed by atoms with van der Waals surface area (Å²) in [6, 6.07) is 3.74. The lowest BCUT2D eigenvalue weighted by molar-refractivity contribution is -0.116. The molecule has 0 atom stereocenters. The maximum Gasteiger partial charge on any atom is 0.245 e. The molecular formula is C14H18N2O3S. The third-order valence-corrected chi connectivity index (χ3v) is 3.99. The molecule has 2 aromatic rings. The molecule has 1 aromatic heterocycles. The SMILES string of the molecule is CCCn1c(=NC(C)=O)sc2c(OC)ccc(OC)c21. The third kappa shape index (κ3) is 2.56. The number of amides is 1. The lowest BCUT2D eigenvalue weighted by Crippen LogP contribution is -2.16. The van der Waals surface area contributed by atoms with E-state index in [9.17, 15) is 4.79 Å². The fraction of sp³-hybridized carbons (Fsp3) is 0.429. The maximum atomic E-state index is 11.3. The predicted octanol–water partition coefficient (Wildman–Crippen LogP) is 2.58. The fourth-order valence-electron chi connectivity index (χ4n) is 2.11. The second-order valence-electron chi connectivity index (χ2n) is 4.31. The number of hydrogen-bond donors (Lipinski definition) is 0. The average molecular weight is 294 g/mol. The number of nitrogens with zero attached hydrogens (tertiary/aromatic N) is 2. The zero-order valence-electron chi connectivity index (χ0n) is 12.1. The molecule has 108 valence electrons. The van der Waals surface area contributed by atoms with Crippen LogP contribution >= 0.6 is 11.3 Å². The first-order chi connectivity index (χ1) is 9.62. The molecule has 2 rings (SSSR count). The first kappa shape index (κ1) is 14.6. The first-order valence-corrected chi connectivity index (χ1v) is 7.23. The number of hydrogen-bond acceptors (Lipinski definition) is 4. The summed E-state index contributed by atoms with van der Waals surface area (Å²) >= 11 is 1.44. The molecule has 1 amide bonds. The highest BCUT2D eigenvalue weighted by atomic mass is 32.1. The Bertz CT molecular complexity index is 700. The molecule has 0 spiro atoms. The minimum atomic E-state index is -0.209. The van der Waals surface area contributed by atoms with Crippen molar-refractivity contribution in [1.82, 2.24) is 4.57 Å². The van der Waals surface area contributed by atoms with Gasteiger partial charge in [-0.05, 0) is 18.6 Å². The van der Waals surface area contributed by atoms with E-state index in [1.54, 1.807) is 14.2 Å². The van der Waals surface area contributed by atoms with E-state index in [2.05, 4.69) is 11.9 Å². The van der Waals surface area contributed by atoms with Crippen molar-refractivity contribution in [3.63, 3.8) is 0 Å². The van der Waals surface area contributed by atoms with Crippen LogP contribution in [-0.4, -0.2) is 24.7 Å². The lowest BCUT2D eigenvalue weighted by atomic mass is 10.3. The van der Waals surface area contributed by atoms with Gasteiger partial charge in [-0.3, -0.25) is 4.79 Å². The van der Waals surface area contributed by atoms with Crippen molar-refractivity contribution < 1.29 is 14.3 Å². The summed E-state index contributed by atoms with van der Waals surface area (Å²) in [4.78, 5) is 16.1. The number of carbonyl (C=O) groups is 1. The number of carbonyl (C=O) groups excluding carboxylic acids is 1. The van der Waals surface area contributed by atoms with Crippen molar-refractivity contribution >= 4 is 27.5 Å². The Hall–Kier alpha value is -1.82. The van der Waals surface area contributed by atoms with E-state index in [0.717, 1.165) is 34.7 Å². The molecule has 0 aliphatic heterocycles. The van der Waals surface area contributed by atoms with Gasteiger partial charge in [0, 0.05) is 13.5 Å². The predicted molar refractivity (Wildman–Crippen MR) is 79.5 cm³/mol. The number of ether oxygens (including phenoxy) is 2. The minimum absolute atomic E-state index is 0.209. The van der Waals surface area contributed by atoms with Crippen LogP contribution < -0.4 is 14.3 Å². The van der Waals surface area contributed by atoms with Gasteiger partial charge in [0.25, 0.3) is 0 Å². The molecule has 0 saturated heterocycles. The van der Waals surface area contributed by atoms with Crippen molar-refractivity contribution in [2.75, 3.05) is 14.2 Å². The summed E-state index contributed by atoms with van der Waals surface area (Å²) in [5, 5.41) is 0. The van der Waals surface area contributed by atoms with Crippen LogP contribution in [0.2, 0.25) is 0 Å². The van der Waals surface area contributed by atoms with Gasteiger partial charge in [-0.25, -0.2) is 0 Å². The molecule has 0 N–H and O–H groups in total. The van der Waals surface area contributed by atoms with Crippen LogP contribution in [0.15, 0.2) is 17.1 Å². The van der Waals surface area contributed by atoms with E-state index < -0.39 is 0 Å². The van der Waals surface area contributed by atoms with Crippen LogP contribution in [-0.2, 0) is 11.3 Å². The number of aromatic nitrogens is 1. The Morgan fingerprint density at radius 2 is 1.95 bits per heavy atom. The zero-order chi connectivity index (χ0) is 14.7. The third-order valence-electron chi connectivity index (χ3n) is 2.89. The Kier molecular flexibility index (Phi) is 4.44. The summed E-state index contributed by atoms with van der Waals surface area (Å²) in [6.07, 6.45) is 0.942. The van der Waals surface area contributed by atoms with E-state index in [1.165, 1.54) is 18.3 Å². The van der Waals surface area contributed by atoms with E-state index in [4.69, 9.17) is 9.47 Å². The molecular weight excluding hydrogens is 276 g/mol. The molecule has 5 nitrogen and oxygen atoms in total. The monoisotopic (exact) mass is 294 g/mol. The number of aryl methyl sites for hydroxylation is 1. The molecule has 1 aromatic carbocycles. The second kappa shape index (κ2) is 6.09. The van der Waals surface area contributed by atoms with Crippen LogP contribution in [0.1, 0.15) is 20.3 Å². The van der Waals surface area contributed by atoms with Gasteiger partial charge in [-0.2, -0.15) is 4.99 Å². The highest BCUT2D eigenvalue weighted by molar-refractivity contribution is 7.16. The number of thiazole rings is 1. The summed E-state index contributed by atoms with van der Waals surface area (Å²) in [5.74, 6) is 1.32. The van der Waals surface area contributed by atoms with Crippen molar-refractivity contribution in [3.05, 3.63) is 16.9 Å². The van der Waals surface area contributed by atoms with Gasteiger partial charge in [0.1, 0.15) is 21.7 Å². The maximum absolute atomic E-state index is 11.3. The Morgan fingerprint density at radius 3 is 2.50 bits per heavy atom. The summed E-state index contributed by atoms with van der Waals surface area (Å²) in [7, 11) is 3.27. The highest BCUT2D eigenvalue weighted by Gasteiger charge is 2.15. The van der Waals surface area contributed by atoms with Gasteiger partial charge in [-0.1, -0.05) is 18.3 Å². The van der Waals surface area contributed by atoms with E-state index in [1.807, 2.05) is 16.7 Å². The number of fused-ring (bicyclic) bond motifs is 1. The largest absolute Gasteiger partial charge is 0.495 e. The fourth-order valence-corrected chi connectivity index (χ4v) is 3.31. The van der Waals surface area contributed by atoms with Gasteiger partial charge in [0.2, 0.25) is 5.91 Å². The molecule has 0 fully saturated rings. The standard InChI is InChI=1S/C14H18N2O3S/c1-5-8-16-12-10(18-3)6-7-11(19-4)13(12)20-14(16)15-9(2)17/h6-7H,5,8H2,1-4H3. The molecule has 0 unspecified atom stereocenters. The molecule has 6 heteroatoms. The Morgan fingerprint density at radius 1 is 1.30 bits per heavy atom. The highest BCUT2D eigenvalue weighted by Crippen LogP contribution is 2.35. The quantitative estimate of drug-likeness (QED) is 0.871. The zero-order valence-corrected chi connectivity index (χ0v) is 12.9. The molecule has 1 heterocycles. The molecule has 0 radical (unpaired) electrons. The van der Waals surface area contributed by atoms with Gasteiger partial charge >= 0.3 is 0 Å². The molecule has 0 aliphatic rings. The van der Waals surface area contributed by atoms with Crippen LogP contribution in [0, 0.1) is 0 Å². The van der Waals surface area contributed by atoms with Crippen molar-refractivity contribution in [3.8, 4) is 11.5 Å². The summed E-state index contributed by atoms with van der Waals surface area (Å²) in [6.45, 7) is 4.31. The van der Waals surface area contributed by atoms with Crippen molar-refractivity contribution in [2.24, 2.45) is 4.99 Å². The Balaban J connectivity index is 2.88. The number of rotatable bonds is 4. The van der Waals surface area contributed by atoms with E-state index in [0.29, 0.717) is 4.80 Å². The van der Waals surface area contributed by atoms with Gasteiger partial charge < -0.3 is 14.0 Å². The van der Waals surface area contributed by atoms with Crippen molar-refractivity contribution in [1.29, 1.82) is 0 Å². The molecule has 20 heavy (non-hydrogen) atoms. The second-order valence-corrected chi connectivity index (χ2v) is 5.29. The van der Waals surface area contributed by atoms with Crippen LogP contribution in [0.3, 0.4) is 0 Å². The van der Waals surface area contributed by atoms with E-state index in [-0.39, 0.29) is 5.91 Å². The topological polar surface area (TPSA) is 52.8 Å². The summed E-state index contributed by atoms with van der Waals surface area (Å²) in [5.41, 5.74) is 0.929. The molecule has 0 saturated carbocycles. The normalized spacial score (nSPS) is 11.9. The van der Waals surface area contributed by atoms with Gasteiger partial charge in [0.05, 0.1) is 14.2 Å². The summed E-state index contributed by atoms with van der Waals surface area (Å²) < 4.78 is 13.8. The number of benzene rings is 1. The van der Waals surface area contributed by atoms with E-state index >= 15 is 0 Å². The van der Waals surface area contributed by atoms with Crippen LogP contribution in [0.4, 0.5) is 0 Å². The lowest BCUT2D eigenvalue weighted by Gasteiger charge is -2.09. The van der Waals surface area contributed by atoms with Crippen LogP contribution in [0.25, 0.3) is 10.2 Å². The number of methoxy groups -OCH3 is 2. The average Bonchev–Trinajstić information content (AvgIpc) is 2.76. The Labute approximate surface area is 121 Å². The molecule has 0 bridgehead atoms. The minimum Gasteiger partial charge on any atom is -0.495 e. The van der Waals surface area contributed by atoms with Gasteiger partial charge in [0.15, 0.2) is 4.80 Å². The van der Waals surface area contributed by atoms with Crippen molar-refractivity contribution in [2.45, 2.75) is 26.8 Å². The molecule has 0 aliphatic carbocycles. The smallest absolute Gasteiger partial charge is 0.245 e. The van der Waals surface area contributed by atoms with Gasteiger partial charge in [-0.15, -0.1) is 0 Å². The first-order valence-electron chi connectivity index (χ1n) is 6.42. The van der Waals surface area contributed by atoms with Crippen LogP contribution in [0.5, 0.6) is 11.5 Å².